The molecule has 2 fully saturated rings. The van der Waals surface area contributed by atoms with Crippen LogP contribution in [0.4, 0.5) is 0 Å². The number of rotatable bonds is 6. The van der Waals surface area contributed by atoms with Crippen molar-refractivity contribution in [1.82, 2.24) is 9.80 Å². The van der Waals surface area contributed by atoms with Gasteiger partial charge in [-0.05, 0) is 37.2 Å². The van der Waals surface area contributed by atoms with Crippen LogP contribution in [-0.2, 0) is 20.9 Å². The lowest BCUT2D eigenvalue weighted by Crippen LogP contribution is -2.47. The van der Waals surface area contributed by atoms with E-state index in [0.717, 1.165) is 37.9 Å². The van der Waals surface area contributed by atoms with Gasteiger partial charge < -0.3 is 14.5 Å². The summed E-state index contributed by atoms with van der Waals surface area (Å²) in [5.41, 5.74) is 1.12. The van der Waals surface area contributed by atoms with Gasteiger partial charge in [0.2, 0.25) is 11.8 Å². The van der Waals surface area contributed by atoms with E-state index in [-0.39, 0.29) is 11.8 Å². The molecule has 2 saturated heterocycles. The minimum absolute atomic E-state index is 0.0914. The molecule has 0 aliphatic carbocycles. The fourth-order valence-corrected chi connectivity index (χ4v) is 4.11. The molecule has 0 N–H and O–H groups in total. The van der Waals surface area contributed by atoms with Crippen LogP contribution in [0.3, 0.4) is 0 Å². The largest absolute Gasteiger partial charge is 0.376 e. The number of carbonyl (C=O) groups excluding carboxylic acids is 2. The van der Waals surface area contributed by atoms with Gasteiger partial charge in [-0.1, -0.05) is 37.3 Å². The van der Waals surface area contributed by atoms with Crippen molar-refractivity contribution in [3.63, 3.8) is 0 Å². The van der Waals surface area contributed by atoms with Crippen LogP contribution in [0, 0.1) is 11.8 Å². The van der Waals surface area contributed by atoms with E-state index in [1.165, 1.54) is 6.42 Å². The van der Waals surface area contributed by atoms with Crippen molar-refractivity contribution in [3.8, 4) is 0 Å². The first kappa shape index (κ1) is 19.9. The van der Waals surface area contributed by atoms with Gasteiger partial charge in [-0.25, -0.2) is 0 Å². The average Bonchev–Trinajstić information content (AvgIpc) is 2.71. The summed E-state index contributed by atoms with van der Waals surface area (Å²) in [4.78, 5) is 29.1. The number of hydrogen-bond acceptors (Lipinski definition) is 3. The lowest BCUT2D eigenvalue weighted by atomic mass is 9.92. The molecule has 5 nitrogen and oxygen atoms in total. The summed E-state index contributed by atoms with van der Waals surface area (Å²) in [6.07, 6.45) is 4.34. The lowest BCUT2D eigenvalue weighted by Gasteiger charge is -2.37. The third-order valence-electron chi connectivity index (χ3n) is 5.74. The molecule has 27 heavy (non-hydrogen) atoms. The van der Waals surface area contributed by atoms with E-state index >= 15 is 0 Å². The van der Waals surface area contributed by atoms with Gasteiger partial charge in [0.15, 0.2) is 0 Å². The molecule has 0 spiro atoms. The molecule has 0 radical (unpaired) electrons. The molecule has 0 saturated carbocycles. The van der Waals surface area contributed by atoms with Crippen molar-refractivity contribution in [3.05, 3.63) is 35.9 Å². The SMILES string of the molecule is C[C@@H]1CCCN(C(=O)C2CCN(C(=O)CCOCc3ccccc3)CC2)C1. The Morgan fingerprint density at radius 1 is 1.04 bits per heavy atom. The summed E-state index contributed by atoms with van der Waals surface area (Å²) >= 11 is 0. The predicted octanol–water partition coefficient (Wildman–Crippen LogP) is 3.09. The predicted molar refractivity (Wildman–Crippen MR) is 105 cm³/mol. The topological polar surface area (TPSA) is 49.9 Å². The number of nitrogens with zero attached hydrogens (tertiary/aromatic N) is 2. The van der Waals surface area contributed by atoms with Crippen LogP contribution in [0.1, 0.15) is 44.6 Å². The number of benzene rings is 1. The van der Waals surface area contributed by atoms with Crippen molar-refractivity contribution >= 4 is 11.8 Å². The van der Waals surface area contributed by atoms with Crippen LogP contribution in [0.2, 0.25) is 0 Å². The number of likely N-dealkylation sites (tertiary alicyclic amines) is 2. The van der Waals surface area contributed by atoms with E-state index in [1.807, 2.05) is 40.1 Å². The molecule has 0 aromatic heterocycles. The van der Waals surface area contributed by atoms with Gasteiger partial charge in [0, 0.05) is 32.1 Å². The van der Waals surface area contributed by atoms with Crippen LogP contribution < -0.4 is 0 Å². The van der Waals surface area contributed by atoms with Crippen LogP contribution >= 0.6 is 0 Å². The number of carbonyl (C=O) groups is 2. The molecule has 2 amide bonds. The number of amides is 2. The third kappa shape index (κ3) is 5.80. The number of ether oxygens (including phenoxy) is 1. The molecule has 1 aromatic carbocycles. The second-order valence-electron chi connectivity index (χ2n) is 7.97. The Morgan fingerprint density at radius 2 is 1.78 bits per heavy atom. The smallest absolute Gasteiger partial charge is 0.225 e. The Kier molecular flexibility index (Phi) is 7.27. The van der Waals surface area contributed by atoms with Gasteiger partial charge >= 0.3 is 0 Å². The molecule has 148 valence electrons. The molecule has 2 heterocycles. The van der Waals surface area contributed by atoms with Gasteiger partial charge in [0.05, 0.1) is 19.6 Å². The molecule has 0 bridgehead atoms. The van der Waals surface area contributed by atoms with E-state index in [4.69, 9.17) is 4.74 Å². The maximum atomic E-state index is 12.7. The molecule has 0 unspecified atom stereocenters. The maximum absolute atomic E-state index is 12.7. The summed E-state index contributed by atoms with van der Waals surface area (Å²) in [7, 11) is 0. The first-order valence-corrected chi connectivity index (χ1v) is 10.3. The van der Waals surface area contributed by atoms with E-state index in [1.54, 1.807) is 0 Å². The Bertz CT molecular complexity index is 611. The Labute approximate surface area is 162 Å². The molecule has 1 atom stereocenters. The zero-order chi connectivity index (χ0) is 19.1. The average molecular weight is 373 g/mol. The van der Waals surface area contributed by atoms with Gasteiger partial charge in [-0.3, -0.25) is 9.59 Å². The fourth-order valence-electron chi connectivity index (χ4n) is 4.11. The highest BCUT2D eigenvalue weighted by atomic mass is 16.5. The minimum atomic E-state index is 0.0914. The Hall–Kier alpha value is -1.88. The first-order chi connectivity index (χ1) is 13.1. The fraction of sp³-hybridized carbons (Fsp3) is 0.636. The van der Waals surface area contributed by atoms with Crippen molar-refractivity contribution in [1.29, 1.82) is 0 Å². The highest BCUT2D eigenvalue weighted by Gasteiger charge is 2.31. The van der Waals surface area contributed by atoms with E-state index < -0.39 is 0 Å². The highest BCUT2D eigenvalue weighted by Crippen LogP contribution is 2.24. The van der Waals surface area contributed by atoms with Crippen molar-refractivity contribution in [2.75, 3.05) is 32.8 Å². The maximum Gasteiger partial charge on any atom is 0.225 e. The van der Waals surface area contributed by atoms with Gasteiger partial charge in [0.1, 0.15) is 0 Å². The molecule has 2 aliphatic rings. The van der Waals surface area contributed by atoms with E-state index in [0.29, 0.717) is 44.5 Å². The summed E-state index contributed by atoms with van der Waals surface area (Å²) in [5, 5.41) is 0. The van der Waals surface area contributed by atoms with Crippen LogP contribution in [0.15, 0.2) is 30.3 Å². The van der Waals surface area contributed by atoms with Crippen LogP contribution in [0.5, 0.6) is 0 Å². The summed E-state index contributed by atoms with van der Waals surface area (Å²) in [6, 6.07) is 9.99. The molecular weight excluding hydrogens is 340 g/mol. The Morgan fingerprint density at radius 3 is 2.48 bits per heavy atom. The zero-order valence-electron chi connectivity index (χ0n) is 16.4. The first-order valence-electron chi connectivity index (χ1n) is 10.3. The van der Waals surface area contributed by atoms with Gasteiger partial charge in [0.25, 0.3) is 0 Å². The standard InChI is InChI=1S/C22H32N2O3/c1-18-6-5-12-24(16-18)22(26)20-9-13-23(14-10-20)21(25)11-15-27-17-19-7-3-2-4-8-19/h2-4,7-8,18,20H,5-6,9-17H2,1H3/t18-/m1/s1. The highest BCUT2D eigenvalue weighted by molar-refractivity contribution is 5.80. The molecule has 5 heteroatoms. The quantitative estimate of drug-likeness (QED) is 0.721. The monoisotopic (exact) mass is 372 g/mol. The number of hydrogen-bond donors (Lipinski definition) is 0. The normalized spacial score (nSPS) is 21.3. The molecule has 1 aromatic rings. The van der Waals surface area contributed by atoms with Crippen molar-refractivity contribution in [2.24, 2.45) is 11.8 Å². The Balaban J connectivity index is 1.34. The molecule has 3 rings (SSSR count). The molecular formula is C22H32N2O3. The number of piperidine rings is 2. The van der Waals surface area contributed by atoms with Crippen LogP contribution in [0.25, 0.3) is 0 Å². The lowest BCUT2D eigenvalue weighted by molar-refractivity contribution is -0.142. The summed E-state index contributed by atoms with van der Waals surface area (Å²) in [5.74, 6) is 1.15. The third-order valence-corrected chi connectivity index (χ3v) is 5.74. The van der Waals surface area contributed by atoms with E-state index in [2.05, 4.69) is 6.92 Å². The second-order valence-corrected chi connectivity index (χ2v) is 7.97. The minimum Gasteiger partial charge on any atom is -0.376 e. The van der Waals surface area contributed by atoms with Crippen LogP contribution in [-0.4, -0.2) is 54.4 Å². The van der Waals surface area contributed by atoms with Crippen molar-refractivity contribution in [2.45, 2.75) is 45.6 Å². The summed E-state index contributed by atoms with van der Waals surface area (Å²) in [6.45, 7) is 6.39. The second kappa shape index (κ2) is 9.88. The van der Waals surface area contributed by atoms with Gasteiger partial charge in [-0.15, -0.1) is 0 Å². The summed E-state index contributed by atoms with van der Waals surface area (Å²) < 4.78 is 5.62. The molecule has 2 aliphatic heterocycles. The van der Waals surface area contributed by atoms with Crippen molar-refractivity contribution < 1.29 is 14.3 Å². The van der Waals surface area contributed by atoms with E-state index in [9.17, 15) is 9.59 Å². The van der Waals surface area contributed by atoms with Gasteiger partial charge in [-0.2, -0.15) is 0 Å². The zero-order valence-corrected chi connectivity index (χ0v) is 16.4.